The van der Waals surface area contributed by atoms with Gasteiger partial charge in [-0.25, -0.2) is 0 Å². The summed E-state index contributed by atoms with van der Waals surface area (Å²) in [4.78, 5) is 4.86. The average molecular weight is 410 g/mol. The van der Waals surface area contributed by atoms with E-state index in [0.29, 0.717) is 17.3 Å². The van der Waals surface area contributed by atoms with Gasteiger partial charge in [-0.15, -0.1) is 0 Å². The second-order valence-electron chi connectivity index (χ2n) is 10.6. The molecule has 2 heteroatoms. The third kappa shape index (κ3) is 3.37. The van der Waals surface area contributed by atoms with Gasteiger partial charge in [-0.3, -0.25) is 4.98 Å². The lowest BCUT2D eigenvalue weighted by molar-refractivity contribution is 0.376. The third-order valence-electron chi connectivity index (χ3n) is 7.88. The summed E-state index contributed by atoms with van der Waals surface area (Å²) >= 11 is 0. The highest BCUT2D eigenvalue weighted by atomic mass is 16.3. The Morgan fingerprint density at radius 2 is 1.71 bits per heavy atom. The molecule has 0 bridgehead atoms. The lowest BCUT2D eigenvalue weighted by Gasteiger charge is -2.18. The molecule has 2 aromatic carbocycles. The van der Waals surface area contributed by atoms with Gasteiger partial charge in [-0.2, -0.15) is 0 Å². The molecule has 0 amide bonds. The summed E-state index contributed by atoms with van der Waals surface area (Å²) in [7, 11) is 0. The second kappa shape index (κ2) is 7.22. The molecule has 0 radical (unpaired) electrons. The van der Waals surface area contributed by atoms with Gasteiger partial charge in [0.05, 0.1) is 12.0 Å². The smallest absolute Gasteiger partial charge is 0.143 e. The summed E-state index contributed by atoms with van der Waals surface area (Å²) in [5.74, 6) is 1.35. The van der Waals surface area contributed by atoms with Crippen molar-refractivity contribution in [3.63, 3.8) is 0 Å². The van der Waals surface area contributed by atoms with Crippen molar-refractivity contribution in [2.75, 3.05) is 0 Å². The van der Waals surface area contributed by atoms with Gasteiger partial charge in [0.25, 0.3) is 0 Å². The Bertz CT molecular complexity index is 1260. The topological polar surface area (TPSA) is 26.0 Å². The van der Waals surface area contributed by atoms with Crippen LogP contribution in [0.2, 0.25) is 0 Å². The number of aromatic nitrogens is 1. The fourth-order valence-electron chi connectivity index (χ4n) is 6.16. The summed E-state index contributed by atoms with van der Waals surface area (Å²) in [6, 6.07) is 16.0. The first-order chi connectivity index (χ1) is 15.1. The minimum Gasteiger partial charge on any atom is -0.464 e. The van der Waals surface area contributed by atoms with Crippen LogP contribution in [0.4, 0.5) is 0 Å². The van der Waals surface area contributed by atoms with Gasteiger partial charge >= 0.3 is 0 Å². The number of pyridine rings is 1. The zero-order chi connectivity index (χ0) is 21.0. The van der Waals surface area contributed by atoms with E-state index in [1.165, 1.54) is 72.2 Å². The highest BCUT2D eigenvalue weighted by Crippen LogP contribution is 2.47. The van der Waals surface area contributed by atoms with Gasteiger partial charge in [0.2, 0.25) is 0 Å². The average Bonchev–Trinajstić information content (AvgIpc) is 3.52. The van der Waals surface area contributed by atoms with Crippen molar-refractivity contribution < 1.29 is 4.42 Å². The third-order valence-corrected chi connectivity index (χ3v) is 7.88. The maximum Gasteiger partial charge on any atom is 0.143 e. The number of nitrogens with zero attached hydrogens (tertiary/aromatic N) is 1. The first-order valence-corrected chi connectivity index (χ1v) is 12.0. The molecule has 0 saturated heterocycles. The standard InChI is InChI=1S/C29H31NO/c1-29(2)12-9-23(18-29)20-7-8-25-21(15-20)10-13-30-27(25)26-17-24(19-5-3-4-6-19)16-22-11-14-31-28(22)26/h7-8,10-11,13-17,19,23H,3-6,9,12,18H2,1-2H3. The van der Waals surface area contributed by atoms with Crippen LogP contribution in [0.1, 0.15) is 81.8 Å². The summed E-state index contributed by atoms with van der Waals surface area (Å²) in [6.45, 7) is 4.81. The Balaban J connectivity index is 1.47. The molecule has 158 valence electrons. The van der Waals surface area contributed by atoms with Crippen LogP contribution in [-0.4, -0.2) is 4.98 Å². The van der Waals surface area contributed by atoms with E-state index >= 15 is 0 Å². The Kier molecular flexibility index (Phi) is 4.45. The second-order valence-corrected chi connectivity index (χ2v) is 10.6. The SMILES string of the molecule is CC1(C)CCC(c2ccc3c(-c4cc(C5CCCC5)cc5ccoc45)nccc3c2)C1. The summed E-state index contributed by atoms with van der Waals surface area (Å²) in [5, 5.41) is 3.71. The van der Waals surface area contributed by atoms with E-state index in [1.54, 1.807) is 0 Å². The monoisotopic (exact) mass is 409 g/mol. The van der Waals surface area contributed by atoms with Crippen molar-refractivity contribution in [1.82, 2.24) is 4.98 Å². The molecule has 2 saturated carbocycles. The lowest BCUT2D eigenvalue weighted by Crippen LogP contribution is -2.04. The molecule has 1 atom stereocenters. The van der Waals surface area contributed by atoms with Crippen molar-refractivity contribution >= 4 is 21.7 Å². The first-order valence-electron chi connectivity index (χ1n) is 12.0. The van der Waals surface area contributed by atoms with Gasteiger partial charge in [0.1, 0.15) is 5.58 Å². The zero-order valence-corrected chi connectivity index (χ0v) is 18.7. The van der Waals surface area contributed by atoms with Gasteiger partial charge in [-0.05, 0) is 90.1 Å². The van der Waals surface area contributed by atoms with Gasteiger partial charge < -0.3 is 4.42 Å². The molecule has 2 aliphatic rings. The van der Waals surface area contributed by atoms with Crippen molar-refractivity contribution in [2.45, 2.75) is 70.6 Å². The molecule has 1 unspecified atom stereocenters. The quantitative estimate of drug-likeness (QED) is 0.338. The molecular formula is C29H31NO. The Morgan fingerprint density at radius 1 is 0.871 bits per heavy atom. The Hall–Kier alpha value is -2.61. The Labute approximate surface area is 184 Å². The molecule has 0 aliphatic heterocycles. The minimum absolute atomic E-state index is 0.467. The number of furan rings is 1. The lowest BCUT2D eigenvalue weighted by atomic mass is 9.87. The van der Waals surface area contributed by atoms with E-state index in [0.717, 1.165) is 16.8 Å². The molecule has 2 aliphatic carbocycles. The van der Waals surface area contributed by atoms with Gasteiger partial charge in [0, 0.05) is 22.5 Å². The van der Waals surface area contributed by atoms with Crippen LogP contribution in [0.15, 0.2) is 59.3 Å². The Morgan fingerprint density at radius 3 is 2.52 bits per heavy atom. The molecular weight excluding hydrogens is 378 g/mol. The maximum atomic E-state index is 5.96. The predicted molar refractivity (Wildman–Crippen MR) is 129 cm³/mol. The zero-order valence-electron chi connectivity index (χ0n) is 18.7. The fourth-order valence-corrected chi connectivity index (χ4v) is 6.16. The number of benzene rings is 2. The largest absolute Gasteiger partial charge is 0.464 e. The van der Waals surface area contributed by atoms with Crippen molar-refractivity contribution in [1.29, 1.82) is 0 Å². The molecule has 0 N–H and O–H groups in total. The number of hydrogen-bond acceptors (Lipinski definition) is 2. The van der Waals surface area contributed by atoms with E-state index in [2.05, 4.69) is 56.3 Å². The normalized spacial score (nSPS) is 21.4. The highest BCUT2D eigenvalue weighted by molar-refractivity contribution is 6.02. The number of rotatable bonds is 3. The van der Waals surface area contributed by atoms with E-state index in [9.17, 15) is 0 Å². The summed E-state index contributed by atoms with van der Waals surface area (Å²) in [5.41, 5.74) is 6.56. The van der Waals surface area contributed by atoms with Gasteiger partial charge in [0.15, 0.2) is 0 Å². The maximum absolute atomic E-state index is 5.96. The minimum atomic E-state index is 0.467. The summed E-state index contributed by atoms with van der Waals surface area (Å²) in [6.07, 6.45) is 13.0. The van der Waals surface area contributed by atoms with E-state index < -0.39 is 0 Å². The van der Waals surface area contributed by atoms with Crippen LogP contribution in [0.3, 0.4) is 0 Å². The van der Waals surface area contributed by atoms with Crippen LogP contribution in [-0.2, 0) is 0 Å². The molecule has 2 aromatic heterocycles. The molecule has 31 heavy (non-hydrogen) atoms. The van der Waals surface area contributed by atoms with Crippen molar-refractivity contribution in [3.8, 4) is 11.3 Å². The molecule has 2 fully saturated rings. The van der Waals surface area contributed by atoms with E-state index in [4.69, 9.17) is 9.40 Å². The first kappa shape index (κ1) is 19.1. The predicted octanol–water partition coefficient (Wildman–Crippen LogP) is 8.60. The van der Waals surface area contributed by atoms with Crippen LogP contribution >= 0.6 is 0 Å². The van der Waals surface area contributed by atoms with Crippen LogP contribution in [0, 0.1) is 5.41 Å². The van der Waals surface area contributed by atoms with E-state index in [-0.39, 0.29) is 0 Å². The van der Waals surface area contributed by atoms with E-state index in [1.807, 2.05) is 12.5 Å². The molecule has 4 aromatic rings. The number of fused-ring (bicyclic) bond motifs is 2. The molecule has 0 spiro atoms. The fraction of sp³-hybridized carbons (Fsp3) is 0.414. The molecule has 6 rings (SSSR count). The van der Waals surface area contributed by atoms with Crippen molar-refractivity contribution in [2.24, 2.45) is 5.41 Å². The highest BCUT2D eigenvalue weighted by Gasteiger charge is 2.31. The van der Waals surface area contributed by atoms with Crippen LogP contribution < -0.4 is 0 Å². The number of hydrogen-bond donors (Lipinski definition) is 0. The summed E-state index contributed by atoms with van der Waals surface area (Å²) < 4.78 is 5.96. The van der Waals surface area contributed by atoms with Gasteiger partial charge in [-0.1, -0.05) is 44.9 Å². The molecule has 2 heterocycles. The molecule has 2 nitrogen and oxygen atoms in total. The van der Waals surface area contributed by atoms with Crippen LogP contribution in [0.25, 0.3) is 33.0 Å². The van der Waals surface area contributed by atoms with Crippen molar-refractivity contribution in [3.05, 3.63) is 66.1 Å². The van der Waals surface area contributed by atoms with Crippen LogP contribution in [0.5, 0.6) is 0 Å².